The highest BCUT2D eigenvalue weighted by Gasteiger charge is 2.17. The second kappa shape index (κ2) is 9.68. The van der Waals surface area contributed by atoms with Crippen LogP contribution in [0.25, 0.3) is 0 Å². The van der Waals surface area contributed by atoms with Gasteiger partial charge in [-0.2, -0.15) is 12.7 Å². The third kappa shape index (κ3) is 14.8. The molecule has 0 amide bonds. The molecule has 0 aliphatic rings. The Hall–Kier alpha value is -0.720. The lowest BCUT2D eigenvalue weighted by atomic mass is 10.2. The van der Waals surface area contributed by atoms with Gasteiger partial charge in [-0.15, -0.1) is 0 Å². The second-order valence-corrected chi connectivity index (χ2v) is 11.5. The predicted octanol–water partition coefficient (Wildman–Crippen LogP) is 0.609. The first kappa shape index (κ1) is 23.3. The fourth-order valence-corrected chi connectivity index (χ4v) is 2.61. The highest BCUT2D eigenvalue weighted by molar-refractivity contribution is 8.13. The lowest BCUT2D eigenvalue weighted by Gasteiger charge is -2.19. The van der Waals surface area contributed by atoms with Crippen LogP contribution in [-0.4, -0.2) is 61.5 Å². The molecule has 0 aromatic heterocycles. The zero-order valence-corrected chi connectivity index (χ0v) is 16.6. The van der Waals surface area contributed by atoms with Crippen molar-refractivity contribution >= 4 is 39.9 Å². The summed E-state index contributed by atoms with van der Waals surface area (Å²) in [7, 11) is -5.67. The third-order valence-electron chi connectivity index (χ3n) is 2.31. The van der Waals surface area contributed by atoms with Crippen molar-refractivity contribution in [2.45, 2.75) is 6.54 Å². The van der Waals surface area contributed by atoms with Crippen molar-refractivity contribution in [2.75, 3.05) is 31.9 Å². The van der Waals surface area contributed by atoms with Crippen LogP contribution in [-0.2, 0) is 39.9 Å². The van der Waals surface area contributed by atoms with Gasteiger partial charge >= 0.3 is 0 Å². The predicted molar refractivity (Wildman–Crippen MR) is 93.2 cm³/mol. The smallest absolute Gasteiger partial charge is 0.264 e. The van der Waals surface area contributed by atoms with Crippen LogP contribution in [0.2, 0.25) is 0 Å². The van der Waals surface area contributed by atoms with E-state index in [1.807, 2.05) is 18.2 Å². The van der Waals surface area contributed by atoms with Gasteiger partial charge in [0.15, 0.2) is 0 Å². The number of nitrogens with zero attached hydrogens (tertiary/aromatic N) is 1. The number of benzene rings is 1. The Morgan fingerprint density at radius 3 is 1.79 bits per heavy atom. The van der Waals surface area contributed by atoms with E-state index in [4.69, 9.17) is 0 Å². The minimum atomic E-state index is -3.56. The molecular formula is C12H20ClNO7S3. The van der Waals surface area contributed by atoms with Gasteiger partial charge in [0.05, 0.1) is 25.4 Å². The standard InChI is InChI=1S/C11H17NO5S2.CH3ClO2S/c1-18(13,14)12(8-9-17-19(2,15)16)10-11-6-4-3-5-7-11;1-5(2,3)4/h3-7H,8-10H2,1-2H3;1H3. The lowest BCUT2D eigenvalue weighted by Crippen LogP contribution is -2.33. The summed E-state index contributed by atoms with van der Waals surface area (Å²) in [4.78, 5) is 0. The van der Waals surface area contributed by atoms with E-state index in [2.05, 4.69) is 14.9 Å². The topological polar surface area (TPSA) is 115 Å². The summed E-state index contributed by atoms with van der Waals surface area (Å²) in [6.07, 6.45) is 2.93. The van der Waals surface area contributed by atoms with Crippen molar-refractivity contribution in [1.82, 2.24) is 4.31 Å². The molecule has 1 rings (SSSR count). The highest BCUT2D eigenvalue weighted by atomic mass is 35.7. The largest absolute Gasteiger partial charge is 0.269 e. The van der Waals surface area contributed by atoms with E-state index >= 15 is 0 Å². The molecule has 0 saturated heterocycles. The molecule has 0 fully saturated rings. The van der Waals surface area contributed by atoms with Gasteiger partial charge in [0.1, 0.15) is 0 Å². The summed E-state index contributed by atoms with van der Waals surface area (Å²) in [5.74, 6) is 0. The summed E-state index contributed by atoms with van der Waals surface area (Å²) < 4.78 is 69.4. The minimum absolute atomic E-state index is 0.0131. The maximum Gasteiger partial charge on any atom is 0.264 e. The van der Waals surface area contributed by atoms with Gasteiger partial charge in [0.2, 0.25) is 19.1 Å². The number of sulfonamides is 1. The Labute approximate surface area is 148 Å². The Bertz CT molecular complexity index is 797. The second-order valence-electron chi connectivity index (χ2n) is 4.79. The zero-order valence-electron chi connectivity index (χ0n) is 13.4. The minimum Gasteiger partial charge on any atom is -0.269 e. The van der Waals surface area contributed by atoms with E-state index in [0.29, 0.717) is 0 Å². The van der Waals surface area contributed by atoms with Crippen molar-refractivity contribution in [3.63, 3.8) is 0 Å². The van der Waals surface area contributed by atoms with Gasteiger partial charge in [-0.25, -0.2) is 16.8 Å². The normalized spacial score (nSPS) is 12.5. The van der Waals surface area contributed by atoms with Gasteiger partial charge in [-0.05, 0) is 5.56 Å². The number of halogens is 1. The molecule has 140 valence electrons. The monoisotopic (exact) mass is 421 g/mol. The number of hydrogen-bond acceptors (Lipinski definition) is 7. The van der Waals surface area contributed by atoms with Crippen LogP contribution in [0.1, 0.15) is 5.56 Å². The Morgan fingerprint density at radius 1 is 0.958 bits per heavy atom. The first-order valence-electron chi connectivity index (χ1n) is 6.41. The van der Waals surface area contributed by atoms with E-state index in [-0.39, 0.29) is 19.7 Å². The summed E-state index contributed by atoms with van der Waals surface area (Å²) in [5.41, 5.74) is 0.826. The molecule has 0 spiro atoms. The van der Waals surface area contributed by atoms with Gasteiger partial charge in [-0.1, -0.05) is 30.3 Å². The van der Waals surface area contributed by atoms with Crippen LogP contribution in [0.3, 0.4) is 0 Å². The van der Waals surface area contributed by atoms with Gasteiger partial charge in [0, 0.05) is 23.8 Å². The van der Waals surface area contributed by atoms with Crippen molar-refractivity contribution in [1.29, 1.82) is 0 Å². The van der Waals surface area contributed by atoms with Crippen LogP contribution in [0, 0.1) is 0 Å². The molecule has 1 aromatic carbocycles. The first-order valence-corrected chi connectivity index (χ1v) is 12.8. The Morgan fingerprint density at radius 2 is 1.42 bits per heavy atom. The fraction of sp³-hybridized carbons (Fsp3) is 0.500. The molecular weight excluding hydrogens is 402 g/mol. The van der Waals surface area contributed by atoms with E-state index in [0.717, 1.165) is 24.3 Å². The summed E-state index contributed by atoms with van der Waals surface area (Å²) in [5, 5.41) is 0. The summed E-state index contributed by atoms with van der Waals surface area (Å²) in [6.45, 7) is -0.0215. The van der Waals surface area contributed by atoms with Crippen molar-refractivity contribution in [3.05, 3.63) is 35.9 Å². The van der Waals surface area contributed by atoms with E-state index in [1.54, 1.807) is 12.1 Å². The SMILES string of the molecule is CS(=O)(=O)Cl.CS(=O)(=O)OCCN(Cc1ccccc1)S(C)(=O)=O. The molecule has 1 aromatic rings. The average Bonchev–Trinajstić information content (AvgIpc) is 2.34. The summed E-state index contributed by atoms with van der Waals surface area (Å²) in [6, 6.07) is 9.05. The molecule has 0 N–H and O–H groups in total. The Kier molecular flexibility index (Phi) is 9.39. The van der Waals surface area contributed by atoms with Crippen LogP contribution < -0.4 is 0 Å². The molecule has 0 radical (unpaired) electrons. The van der Waals surface area contributed by atoms with Gasteiger partial charge < -0.3 is 0 Å². The molecule has 0 heterocycles. The molecule has 0 unspecified atom stereocenters. The van der Waals surface area contributed by atoms with E-state index < -0.39 is 29.2 Å². The lowest BCUT2D eigenvalue weighted by molar-refractivity contribution is 0.276. The van der Waals surface area contributed by atoms with Crippen LogP contribution >= 0.6 is 10.7 Å². The number of rotatable bonds is 7. The molecule has 0 aliphatic carbocycles. The van der Waals surface area contributed by atoms with Gasteiger partial charge in [0.25, 0.3) is 10.1 Å². The van der Waals surface area contributed by atoms with E-state index in [9.17, 15) is 25.3 Å². The maximum absolute atomic E-state index is 11.6. The van der Waals surface area contributed by atoms with Crippen molar-refractivity contribution in [3.8, 4) is 0 Å². The van der Waals surface area contributed by atoms with E-state index in [1.165, 1.54) is 4.31 Å². The first-order chi connectivity index (χ1) is 10.7. The molecule has 0 atom stereocenters. The average molecular weight is 422 g/mol. The summed E-state index contributed by atoms with van der Waals surface area (Å²) >= 11 is 0. The maximum atomic E-state index is 11.6. The molecule has 12 heteroatoms. The Balaban J connectivity index is 0.000000922. The van der Waals surface area contributed by atoms with Crippen LogP contribution in [0.15, 0.2) is 30.3 Å². The van der Waals surface area contributed by atoms with Crippen molar-refractivity contribution < 1.29 is 29.4 Å². The molecule has 0 aliphatic heterocycles. The highest BCUT2D eigenvalue weighted by Crippen LogP contribution is 2.08. The van der Waals surface area contributed by atoms with Crippen LogP contribution in [0.4, 0.5) is 0 Å². The zero-order chi connectivity index (χ0) is 19.0. The third-order valence-corrected chi connectivity index (χ3v) is 4.15. The molecule has 0 bridgehead atoms. The van der Waals surface area contributed by atoms with Crippen LogP contribution in [0.5, 0.6) is 0 Å². The quantitative estimate of drug-likeness (QED) is 0.467. The molecule has 8 nitrogen and oxygen atoms in total. The van der Waals surface area contributed by atoms with Gasteiger partial charge in [-0.3, -0.25) is 4.18 Å². The molecule has 24 heavy (non-hydrogen) atoms. The number of hydrogen-bond donors (Lipinski definition) is 0. The fourth-order valence-electron chi connectivity index (χ4n) is 1.44. The molecule has 0 saturated carbocycles. The van der Waals surface area contributed by atoms with Crippen molar-refractivity contribution in [2.24, 2.45) is 0 Å².